The fourth-order valence-electron chi connectivity index (χ4n) is 2.83. The molecule has 0 bridgehead atoms. The molecule has 5 N–H and O–H groups in total. The number of amides is 1. The summed E-state index contributed by atoms with van der Waals surface area (Å²) in [6.45, 7) is 1.77. The number of carbonyl (C=O) groups excluding carboxylic acids is 2. The number of anilines is 2. The molecule has 6 heteroatoms. The van der Waals surface area contributed by atoms with Gasteiger partial charge >= 0.3 is 0 Å². The van der Waals surface area contributed by atoms with Crippen LogP contribution in [0.15, 0.2) is 67.0 Å². The van der Waals surface area contributed by atoms with E-state index in [0.717, 1.165) is 0 Å². The van der Waals surface area contributed by atoms with Gasteiger partial charge in [-0.25, -0.2) is 0 Å². The van der Waals surface area contributed by atoms with E-state index in [1.807, 2.05) is 6.07 Å². The average molecular weight is 360 g/mol. The van der Waals surface area contributed by atoms with Gasteiger partial charge < -0.3 is 16.8 Å². The van der Waals surface area contributed by atoms with Crippen LogP contribution in [-0.2, 0) is 0 Å². The Morgan fingerprint density at radius 2 is 1.67 bits per heavy atom. The van der Waals surface area contributed by atoms with Crippen molar-refractivity contribution in [1.82, 2.24) is 4.98 Å². The smallest absolute Gasteiger partial charge is 0.257 e. The van der Waals surface area contributed by atoms with Crippen molar-refractivity contribution in [2.24, 2.45) is 5.73 Å². The highest BCUT2D eigenvalue weighted by atomic mass is 16.1. The number of nitrogens with zero attached hydrogens (tertiary/aromatic N) is 1. The molecule has 2 aromatic carbocycles. The van der Waals surface area contributed by atoms with Gasteiger partial charge in [0.15, 0.2) is 5.78 Å². The van der Waals surface area contributed by atoms with Gasteiger partial charge in [-0.3, -0.25) is 14.6 Å². The monoisotopic (exact) mass is 360 g/mol. The summed E-state index contributed by atoms with van der Waals surface area (Å²) in [6.07, 6.45) is 3.14. The van der Waals surface area contributed by atoms with E-state index in [1.54, 1.807) is 67.8 Å². The third kappa shape index (κ3) is 3.86. The van der Waals surface area contributed by atoms with E-state index < -0.39 is 11.9 Å². The number of hydrogen-bond acceptors (Lipinski definition) is 5. The van der Waals surface area contributed by atoms with E-state index in [1.165, 1.54) is 0 Å². The van der Waals surface area contributed by atoms with Crippen molar-refractivity contribution < 1.29 is 9.59 Å². The molecule has 27 heavy (non-hydrogen) atoms. The van der Waals surface area contributed by atoms with Gasteiger partial charge in [0.25, 0.3) is 5.91 Å². The molecule has 0 aliphatic carbocycles. The summed E-state index contributed by atoms with van der Waals surface area (Å²) in [5.74, 6) is -0.670. The third-order valence-electron chi connectivity index (χ3n) is 4.21. The molecule has 0 radical (unpaired) electrons. The van der Waals surface area contributed by atoms with Crippen LogP contribution in [0, 0.1) is 0 Å². The second-order valence-corrected chi connectivity index (χ2v) is 6.16. The minimum atomic E-state index is -0.410. The van der Waals surface area contributed by atoms with Crippen molar-refractivity contribution in [3.05, 3.63) is 89.2 Å². The van der Waals surface area contributed by atoms with Gasteiger partial charge in [-0.2, -0.15) is 0 Å². The van der Waals surface area contributed by atoms with Crippen molar-refractivity contribution in [3.8, 4) is 0 Å². The molecule has 3 rings (SSSR count). The lowest BCUT2D eigenvalue weighted by Gasteiger charge is -2.17. The Bertz CT molecular complexity index is 970. The zero-order chi connectivity index (χ0) is 19.4. The maximum absolute atomic E-state index is 13.1. The van der Waals surface area contributed by atoms with Crippen molar-refractivity contribution in [3.63, 3.8) is 0 Å². The molecule has 3 aromatic rings. The first kappa shape index (κ1) is 18.3. The summed E-state index contributed by atoms with van der Waals surface area (Å²) < 4.78 is 0. The highest BCUT2D eigenvalue weighted by Gasteiger charge is 2.23. The molecule has 0 aliphatic heterocycles. The minimum absolute atomic E-state index is 0.116. The lowest BCUT2D eigenvalue weighted by atomic mass is 9.91. The molecule has 1 aromatic heterocycles. The van der Waals surface area contributed by atoms with Gasteiger partial charge in [0.2, 0.25) is 0 Å². The number of nitrogens with one attached hydrogen (secondary N) is 1. The van der Waals surface area contributed by atoms with Crippen LogP contribution in [0.3, 0.4) is 0 Å². The summed E-state index contributed by atoms with van der Waals surface area (Å²) in [5.41, 5.74) is 14.6. The molecular weight excluding hydrogens is 340 g/mol. The predicted octanol–water partition coefficient (Wildman–Crippen LogP) is 3.17. The van der Waals surface area contributed by atoms with Crippen LogP contribution >= 0.6 is 0 Å². The van der Waals surface area contributed by atoms with Crippen LogP contribution in [0.2, 0.25) is 0 Å². The van der Waals surface area contributed by atoms with E-state index in [9.17, 15) is 9.59 Å². The van der Waals surface area contributed by atoms with Crippen molar-refractivity contribution in [2.45, 2.75) is 13.0 Å². The van der Waals surface area contributed by atoms with Gasteiger partial charge in [-0.1, -0.05) is 36.4 Å². The van der Waals surface area contributed by atoms with Gasteiger partial charge in [0, 0.05) is 29.7 Å². The quantitative estimate of drug-likeness (QED) is 0.478. The number of rotatable bonds is 5. The largest absolute Gasteiger partial charge is 0.397 e. The zero-order valence-electron chi connectivity index (χ0n) is 14.8. The minimum Gasteiger partial charge on any atom is -0.397 e. The number of nitrogen functional groups attached to an aromatic ring is 1. The molecule has 6 nitrogen and oxygen atoms in total. The number of nitrogens with two attached hydrogens (primary N) is 2. The first-order chi connectivity index (χ1) is 13.0. The van der Waals surface area contributed by atoms with Crippen molar-refractivity contribution in [2.75, 3.05) is 11.1 Å². The van der Waals surface area contributed by atoms with Crippen molar-refractivity contribution in [1.29, 1.82) is 0 Å². The average Bonchev–Trinajstić information content (AvgIpc) is 2.68. The molecule has 136 valence electrons. The van der Waals surface area contributed by atoms with Gasteiger partial charge in [0.1, 0.15) is 0 Å². The lowest BCUT2D eigenvalue weighted by molar-refractivity contribution is 0.102. The Morgan fingerprint density at radius 3 is 2.30 bits per heavy atom. The number of carbonyl (C=O) groups is 2. The van der Waals surface area contributed by atoms with E-state index in [0.29, 0.717) is 16.8 Å². The Kier molecular flexibility index (Phi) is 5.28. The Hall–Kier alpha value is -3.51. The second-order valence-electron chi connectivity index (χ2n) is 6.16. The maximum Gasteiger partial charge on any atom is 0.257 e. The Balaban J connectivity index is 2.05. The zero-order valence-corrected chi connectivity index (χ0v) is 14.8. The van der Waals surface area contributed by atoms with Crippen LogP contribution in [0.4, 0.5) is 11.4 Å². The Labute approximate surface area is 157 Å². The molecule has 0 saturated carbocycles. The fraction of sp³-hybridized carbons (Fsp3) is 0.0952. The van der Waals surface area contributed by atoms with E-state index >= 15 is 0 Å². The molecule has 1 amide bonds. The number of ketones is 1. The van der Waals surface area contributed by atoms with Gasteiger partial charge in [-0.15, -0.1) is 0 Å². The van der Waals surface area contributed by atoms with Crippen LogP contribution in [0.25, 0.3) is 0 Å². The van der Waals surface area contributed by atoms with Crippen molar-refractivity contribution >= 4 is 23.1 Å². The standard InChI is InChI=1S/C21H20N4O2/c1-13(22)16-7-8-17(21(27)25-15-9-11-24-12-10-15)19(23)18(16)20(26)14-5-3-2-4-6-14/h2-13H,22-23H2,1H3,(H,24,25,27). The number of hydrogen-bond donors (Lipinski definition) is 3. The molecule has 0 fully saturated rings. The molecule has 0 spiro atoms. The number of aromatic nitrogens is 1. The first-order valence-corrected chi connectivity index (χ1v) is 8.48. The molecular formula is C21H20N4O2. The Morgan fingerprint density at radius 1 is 1.00 bits per heavy atom. The SMILES string of the molecule is CC(N)c1ccc(C(=O)Nc2ccncc2)c(N)c1C(=O)c1ccccc1. The normalized spacial score (nSPS) is 11.6. The molecule has 0 saturated heterocycles. The lowest BCUT2D eigenvalue weighted by Crippen LogP contribution is -2.20. The van der Waals surface area contributed by atoms with E-state index in [4.69, 9.17) is 11.5 Å². The maximum atomic E-state index is 13.1. The summed E-state index contributed by atoms with van der Waals surface area (Å²) in [5, 5.41) is 2.75. The molecule has 1 heterocycles. The summed E-state index contributed by atoms with van der Waals surface area (Å²) in [6, 6.07) is 15.0. The fourth-order valence-corrected chi connectivity index (χ4v) is 2.83. The third-order valence-corrected chi connectivity index (χ3v) is 4.21. The topological polar surface area (TPSA) is 111 Å². The first-order valence-electron chi connectivity index (χ1n) is 8.48. The summed E-state index contributed by atoms with van der Waals surface area (Å²) in [7, 11) is 0. The summed E-state index contributed by atoms with van der Waals surface area (Å²) >= 11 is 0. The van der Waals surface area contributed by atoms with Gasteiger partial charge in [-0.05, 0) is 30.7 Å². The van der Waals surface area contributed by atoms with Crippen LogP contribution in [0.5, 0.6) is 0 Å². The second kappa shape index (κ2) is 7.80. The van der Waals surface area contributed by atoms with Gasteiger partial charge in [0.05, 0.1) is 16.8 Å². The summed E-state index contributed by atoms with van der Waals surface area (Å²) in [4.78, 5) is 29.6. The van der Waals surface area contributed by atoms with Crippen LogP contribution in [0.1, 0.15) is 44.8 Å². The van der Waals surface area contributed by atoms with E-state index in [2.05, 4.69) is 10.3 Å². The van der Waals surface area contributed by atoms with Crippen LogP contribution < -0.4 is 16.8 Å². The molecule has 1 atom stereocenters. The molecule has 1 unspecified atom stereocenters. The molecule has 0 aliphatic rings. The predicted molar refractivity (Wildman–Crippen MR) is 106 cm³/mol. The van der Waals surface area contributed by atoms with E-state index in [-0.39, 0.29) is 22.6 Å². The highest BCUT2D eigenvalue weighted by Crippen LogP contribution is 2.29. The van der Waals surface area contributed by atoms with Crippen LogP contribution in [-0.4, -0.2) is 16.7 Å². The number of benzene rings is 2. The number of pyridine rings is 1. The highest BCUT2D eigenvalue weighted by molar-refractivity contribution is 6.17.